The van der Waals surface area contributed by atoms with Crippen molar-refractivity contribution in [1.82, 2.24) is 10.6 Å². The van der Waals surface area contributed by atoms with Gasteiger partial charge in [0.1, 0.15) is 11.9 Å². The van der Waals surface area contributed by atoms with Crippen molar-refractivity contribution in [2.75, 3.05) is 19.6 Å². The number of hydrogen-bond donors (Lipinski definition) is 3. The number of ether oxygens (including phenoxy) is 1. The molecule has 0 bridgehead atoms. The van der Waals surface area contributed by atoms with Crippen molar-refractivity contribution in [1.29, 1.82) is 0 Å². The molecule has 1 aromatic rings. The summed E-state index contributed by atoms with van der Waals surface area (Å²) in [7, 11) is 0. The van der Waals surface area contributed by atoms with Gasteiger partial charge in [-0.1, -0.05) is 17.9 Å². The number of amides is 1. The van der Waals surface area contributed by atoms with Crippen molar-refractivity contribution < 1.29 is 9.53 Å². The molecular weight excluding hydrogens is 314 g/mol. The van der Waals surface area contributed by atoms with E-state index in [2.05, 4.69) is 28.4 Å². The number of hydrogen-bond acceptors (Lipinski definition) is 4. The van der Waals surface area contributed by atoms with Gasteiger partial charge in [-0.2, -0.15) is 0 Å². The molecule has 1 aliphatic heterocycles. The summed E-state index contributed by atoms with van der Waals surface area (Å²) in [5, 5.41) is 6.05. The molecule has 1 fully saturated rings. The highest BCUT2D eigenvalue weighted by Gasteiger charge is 2.14. The molecule has 0 spiro atoms. The molecule has 5 heteroatoms. The topological polar surface area (TPSA) is 76.4 Å². The van der Waals surface area contributed by atoms with Crippen LogP contribution in [0.2, 0.25) is 0 Å². The first-order valence-electron chi connectivity index (χ1n) is 8.62. The number of benzene rings is 1. The second-order valence-electron chi connectivity index (χ2n) is 5.95. The van der Waals surface area contributed by atoms with E-state index in [1.165, 1.54) is 0 Å². The molecule has 0 aromatic heterocycles. The summed E-state index contributed by atoms with van der Waals surface area (Å²) in [4.78, 5) is 11.6. The number of terminal acetylenes is 1. The Morgan fingerprint density at radius 1 is 1.44 bits per heavy atom. The van der Waals surface area contributed by atoms with Crippen LogP contribution in [0.25, 0.3) is 0 Å². The minimum atomic E-state index is -0.651. The number of piperidine rings is 1. The molecule has 1 aromatic carbocycles. The van der Waals surface area contributed by atoms with Crippen molar-refractivity contribution in [2.45, 2.75) is 37.8 Å². The summed E-state index contributed by atoms with van der Waals surface area (Å²) < 4.78 is 6.01. The summed E-state index contributed by atoms with van der Waals surface area (Å²) in [6.07, 6.45) is 8.24. The third-order valence-corrected chi connectivity index (χ3v) is 3.88. The van der Waals surface area contributed by atoms with Crippen LogP contribution >= 0.6 is 0 Å². The molecule has 0 saturated carbocycles. The van der Waals surface area contributed by atoms with E-state index in [0.717, 1.165) is 37.2 Å². The molecule has 25 heavy (non-hydrogen) atoms. The lowest BCUT2D eigenvalue weighted by molar-refractivity contribution is -0.122. The number of carbonyl (C=O) groups excluding carboxylic acids is 1. The minimum absolute atomic E-state index is 0.237. The summed E-state index contributed by atoms with van der Waals surface area (Å²) in [5.74, 6) is 9.13. The summed E-state index contributed by atoms with van der Waals surface area (Å²) in [6.45, 7) is 2.46. The third-order valence-electron chi connectivity index (χ3n) is 3.88. The lowest BCUT2D eigenvalue weighted by Gasteiger charge is -2.23. The van der Waals surface area contributed by atoms with E-state index in [1.807, 2.05) is 24.3 Å². The average molecular weight is 339 g/mol. The fourth-order valence-electron chi connectivity index (χ4n) is 2.52. The standard InChI is InChI=1S/C20H25N3O2/c1-2-6-19(21)20(24)23-12-4-3-7-16-8-5-9-18(15-16)25-17-10-13-22-14-11-17/h1,5,8-9,15,17,19,22H,4,6,10-14,21H2,(H,23,24). The Labute approximate surface area is 149 Å². The van der Waals surface area contributed by atoms with Crippen LogP contribution < -0.4 is 21.1 Å². The highest BCUT2D eigenvalue weighted by Crippen LogP contribution is 2.17. The van der Waals surface area contributed by atoms with E-state index in [9.17, 15) is 4.79 Å². The van der Waals surface area contributed by atoms with Crippen LogP contribution in [-0.2, 0) is 4.79 Å². The normalized spacial score (nSPS) is 15.4. The molecule has 1 unspecified atom stereocenters. The molecule has 4 N–H and O–H groups in total. The van der Waals surface area contributed by atoms with Gasteiger partial charge in [-0.3, -0.25) is 4.79 Å². The molecule has 1 heterocycles. The molecule has 0 radical (unpaired) electrons. The second-order valence-corrected chi connectivity index (χ2v) is 5.95. The van der Waals surface area contributed by atoms with E-state index < -0.39 is 6.04 Å². The minimum Gasteiger partial charge on any atom is -0.490 e. The number of nitrogens with one attached hydrogen (secondary N) is 2. The van der Waals surface area contributed by atoms with Crippen molar-refractivity contribution in [2.24, 2.45) is 5.73 Å². The molecule has 5 nitrogen and oxygen atoms in total. The first kappa shape index (κ1) is 18.9. The highest BCUT2D eigenvalue weighted by molar-refractivity contribution is 5.81. The smallest absolute Gasteiger partial charge is 0.237 e. The lowest BCUT2D eigenvalue weighted by Crippen LogP contribution is -2.40. The molecular formula is C20H25N3O2. The summed E-state index contributed by atoms with van der Waals surface area (Å²) in [5.41, 5.74) is 6.52. The van der Waals surface area contributed by atoms with Gasteiger partial charge in [0.05, 0.1) is 6.04 Å². The monoisotopic (exact) mass is 339 g/mol. The maximum atomic E-state index is 11.6. The molecule has 2 rings (SSSR count). The van der Waals surface area contributed by atoms with Gasteiger partial charge in [-0.05, 0) is 44.1 Å². The zero-order valence-corrected chi connectivity index (χ0v) is 14.4. The van der Waals surface area contributed by atoms with Gasteiger partial charge >= 0.3 is 0 Å². The Morgan fingerprint density at radius 3 is 3.00 bits per heavy atom. The van der Waals surface area contributed by atoms with Gasteiger partial charge in [0.2, 0.25) is 5.91 Å². The van der Waals surface area contributed by atoms with Crippen molar-refractivity contribution >= 4 is 5.91 Å². The van der Waals surface area contributed by atoms with E-state index in [0.29, 0.717) is 13.0 Å². The Kier molecular flexibility index (Phi) is 7.85. The molecule has 0 aliphatic carbocycles. The fourth-order valence-corrected chi connectivity index (χ4v) is 2.52. The zero-order chi connectivity index (χ0) is 17.9. The van der Waals surface area contributed by atoms with Gasteiger partial charge in [0.15, 0.2) is 0 Å². The van der Waals surface area contributed by atoms with Crippen LogP contribution in [0.4, 0.5) is 0 Å². The van der Waals surface area contributed by atoms with Crippen LogP contribution in [0.5, 0.6) is 5.75 Å². The van der Waals surface area contributed by atoms with Crippen LogP contribution in [0.3, 0.4) is 0 Å². The number of rotatable bonds is 6. The Morgan fingerprint density at radius 2 is 2.24 bits per heavy atom. The number of nitrogens with two attached hydrogens (primary N) is 1. The largest absolute Gasteiger partial charge is 0.490 e. The maximum absolute atomic E-state index is 11.6. The lowest BCUT2D eigenvalue weighted by atomic mass is 10.1. The van der Waals surface area contributed by atoms with Crippen molar-refractivity contribution in [3.05, 3.63) is 29.8 Å². The van der Waals surface area contributed by atoms with Crippen LogP contribution in [0.1, 0.15) is 31.2 Å². The predicted octanol–water partition coefficient (Wildman–Crippen LogP) is 1.03. The van der Waals surface area contributed by atoms with E-state index in [-0.39, 0.29) is 18.4 Å². The molecule has 1 amide bonds. The Hall–Kier alpha value is -2.47. The zero-order valence-electron chi connectivity index (χ0n) is 14.4. The number of carbonyl (C=O) groups is 1. The van der Waals surface area contributed by atoms with E-state index in [1.54, 1.807) is 0 Å². The van der Waals surface area contributed by atoms with Crippen LogP contribution in [0, 0.1) is 24.2 Å². The quantitative estimate of drug-likeness (QED) is 0.534. The molecule has 132 valence electrons. The average Bonchev–Trinajstić information content (AvgIpc) is 2.62. The van der Waals surface area contributed by atoms with Gasteiger partial charge in [-0.25, -0.2) is 0 Å². The maximum Gasteiger partial charge on any atom is 0.237 e. The van der Waals surface area contributed by atoms with Gasteiger partial charge in [0, 0.05) is 24.9 Å². The van der Waals surface area contributed by atoms with Gasteiger partial charge in [0.25, 0.3) is 0 Å². The Balaban J connectivity index is 1.77. The van der Waals surface area contributed by atoms with Gasteiger partial charge < -0.3 is 21.1 Å². The summed E-state index contributed by atoms with van der Waals surface area (Å²) in [6, 6.07) is 7.16. The fraction of sp³-hybridized carbons (Fsp3) is 0.450. The van der Waals surface area contributed by atoms with Crippen LogP contribution in [0.15, 0.2) is 24.3 Å². The van der Waals surface area contributed by atoms with E-state index >= 15 is 0 Å². The molecule has 1 atom stereocenters. The third kappa shape index (κ3) is 6.89. The first-order valence-corrected chi connectivity index (χ1v) is 8.62. The Bertz CT molecular complexity index is 663. The van der Waals surface area contributed by atoms with Crippen molar-refractivity contribution in [3.8, 4) is 29.9 Å². The first-order chi connectivity index (χ1) is 12.2. The molecule has 1 saturated heterocycles. The highest BCUT2D eigenvalue weighted by atomic mass is 16.5. The van der Waals surface area contributed by atoms with Gasteiger partial charge in [-0.15, -0.1) is 12.3 Å². The SMILES string of the molecule is C#CCC(N)C(=O)NCCC#Cc1cccc(OC2CCNCC2)c1. The van der Waals surface area contributed by atoms with Crippen molar-refractivity contribution in [3.63, 3.8) is 0 Å². The molecule has 1 aliphatic rings. The second kappa shape index (κ2) is 10.4. The predicted molar refractivity (Wildman–Crippen MR) is 98.9 cm³/mol. The van der Waals surface area contributed by atoms with Crippen LogP contribution in [-0.4, -0.2) is 37.7 Å². The summed E-state index contributed by atoms with van der Waals surface area (Å²) >= 11 is 0. The van der Waals surface area contributed by atoms with E-state index in [4.69, 9.17) is 16.9 Å².